The van der Waals surface area contributed by atoms with Gasteiger partial charge in [0, 0.05) is 12.3 Å². The van der Waals surface area contributed by atoms with E-state index in [0.29, 0.717) is 19.5 Å². The van der Waals surface area contributed by atoms with E-state index < -0.39 is 9.84 Å². The molecule has 7 heteroatoms. The van der Waals surface area contributed by atoms with Gasteiger partial charge in [-0.25, -0.2) is 13.2 Å². The fourth-order valence-electron chi connectivity index (χ4n) is 3.70. The second-order valence-electron chi connectivity index (χ2n) is 7.88. The van der Waals surface area contributed by atoms with Gasteiger partial charge in [-0.2, -0.15) is 0 Å². The van der Waals surface area contributed by atoms with Crippen molar-refractivity contribution in [2.75, 3.05) is 25.1 Å². The van der Waals surface area contributed by atoms with E-state index in [1.807, 2.05) is 25.7 Å². The SMILES string of the molecule is CC(CCS(C)(=O)=O)NC(=O)N1CC(C)(C)OC2(CCCC2)C1. The molecule has 6 nitrogen and oxygen atoms in total. The first kappa shape index (κ1) is 18.5. The Morgan fingerprint density at radius 1 is 1.26 bits per heavy atom. The Balaban J connectivity index is 1.95. The standard InChI is InChI=1S/C16H30N2O4S/c1-13(7-10-23(4,20)21)17-14(19)18-11-15(2,3)22-16(12-18)8-5-6-9-16/h13H,5-12H2,1-4H3,(H,17,19). The van der Waals surface area contributed by atoms with Gasteiger partial charge in [-0.3, -0.25) is 0 Å². The average Bonchev–Trinajstić information content (AvgIpc) is 2.81. The van der Waals surface area contributed by atoms with E-state index in [4.69, 9.17) is 4.74 Å². The smallest absolute Gasteiger partial charge is 0.317 e. The Morgan fingerprint density at radius 2 is 1.87 bits per heavy atom. The van der Waals surface area contributed by atoms with E-state index >= 15 is 0 Å². The zero-order valence-electron chi connectivity index (χ0n) is 14.7. The fraction of sp³-hybridized carbons (Fsp3) is 0.938. The molecule has 1 heterocycles. The number of sulfone groups is 1. The molecule has 0 aromatic carbocycles. The van der Waals surface area contributed by atoms with Crippen molar-refractivity contribution in [2.24, 2.45) is 0 Å². The third-order valence-electron chi connectivity index (χ3n) is 4.64. The van der Waals surface area contributed by atoms with Crippen LogP contribution in [-0.2, 0) is 14.6 Å². The molecule has 1 saturated heterocycles. The summed E-state index contributed by atoms with van der Waals surface area (Å²) in [5, 5.41) is 2.93. The molecule has 0 bridgehead atoms. The monoisotopic (exact) mass is 346 g/mol. The van der Waals surface area contributed by atoms with Crippen molar-refractivity contribution < 1.29 is 17.9 Å². The minimum atomic E-state index is -3.00. The molecule has 23 heavy (non-hydrogen) atoms. The number of carbonyl (C=O) groups excluding carboxylic acids is 1. The minimum Gasteiger partial charge on any atom is -0.365 e. The first-order valence-corrected chi connectivity index (χ1v) is 10.5. The number of morpholine rings is 1. The second-order valence-corrected chi connectivity index (χ2v) is 10.1. The van der Waals surface area contributed by atoms with Gasteiger partial charge < -0.3 is 15.0 Å². The summed E-state index contributed by atoms with van der Waals surface area (Å²) in [6.07, 6.45) is 5.96. The highest BCUT2D eigenvalue weighted by Gasteiger charge is 2.47. The molecular weight excluding hydrogens is 316 g/mol. The maximum Gasteiger partial charge on any atom is 0.317 e. The molecule has 1 spiro atoms. The summed E-state index contributed by atoms with van der Waals surface area (Å²) in [5.74, 6) is 0.0903. The van der Waals surface area contributed by atoms with Crippen molar-refractivity contribution in [1.29, 1.82) is 0 Å². The van der Waals surface area contributed by atoms with Crippen LogP contribution in [-0.4, -0.2) is 61.7 Å². The van der Waals surface area contributed by atoms with Gasteiger partial charge >= 0.3 is 6.03 Å². The summed E-state index contributed by atoms with van der Waals surface area (Å²) in [4.78, 5) is 14.4. The maximum absolute atomic E-state index is 12.6. The normalized spacial score (nSPS) is 24.6. The molecule has 0 aromatic rings. The molecule has 134 valence electrons. The van der Waals surface area contributed by atoms with Crippen LogP contribution in [0.25, 0.3) is 0 Å². The van der Waals surface area contributed by atoms with Crippen LogP contribution in [0.4, 0.5) is 4.79 Å². The molecule has 0 radical (unpaired) electrons. The molecule has 2 fully saturated rings. The number of ether oxygens (including phenoxy) is 1. The van der Waals surface area contributed by atoms with E-state index in [9.17, 15) is 13.2 Å². The first-order chi connectivity index (χ1) is 10.5. The van der Waals surface area contributed by atoms with Crippen LogP contribution in [0.3, 0.4) is 0 Å². The highest BCUT2D eigenvalue weighted by atomic mass is 32.2. The number of amides is 2. The number of hydrogen-bond acceptors (Lipinski definition) is 4. The van der Waals surface area contributed by atoms with Gasteiger partial charge in [0.15, 0.2) is 0 Å². The zero-order valence-corrected chi connectivity index (χ0v) is 15.5. The lowest BCUT2D eigenvalue weighted by atomic mass is 9.94. The molecule has 1 aliphatic carbocycles. The van der Waals surface area contributed by atoms with Crippen LogP contribution in [0, 0.1) is 0 Å². The minimum absolute atomic E-state index is 0.0903. The van der Waals surface area contributed by atoms with Gasteiger partial charge in [0.25, 0.3) is 0 Å². The summed E-state index contributed by atoms with van der Waals surface area (Å²) in [6, 6.07) is -0.281. The molecule has 1 atom stereocenters. The van der Waals surface area contributed by atoms with Gasteiger partial charge in [-0.15, -0.1) is 0 Å². The second kappa shape index (κ2) is 6.59. The zero-order chi connectivity index (χ0) is 17.3. The Labute approximate surface area is 139 Å². The van der Waals surface area contributed by atoms with E-state index in [0.717, 1.165) is 25.7 Å². The molecule has 2 rings (SSSR count). The van der Waals surface area contributed by atoms with Gasteiger partial charge in [0.05, 0.1) is 30.0 Å². The molecule has 1 saturated carbocycles. The Kier molecular flexibility index (Phi) is 5.31. The van der Waals surface area contributed by atoms with Crippen molar-refractivity contribution in [2.45, 2.75) is 70.1 Å². The fourth-order valence-corrected chi connectivity index (χ4v) is 4.48. The van der Waals surface area contributed by atoms with E-state index in [2.05, 4.69) is 5.32 Å². The molecule has 0 aromatic heterocycles. The largest absolute Gasteiger partial charge is 0.365 e. The number of urea groups is 1. The lowest BCUT2D eigenvalue weighted by Gasteiger charge is -2.48. The highest BCUT2D eigenvalue weighted by molar-refractivity contribution is 7.90. The van der Waals surface area contributed by atoms with Gasteiger partial charge in [0.1, 0.15) is 9.84 Å². The lowest BCUT2D eigenvalue weighted by molar-refractivity contribution is -0.184. The van der Waals surface area contributed by atoms with Crippen molar-refractivity contribution in [1.82, 2.24) is 10.2 Å². The van der Waals surface area contributed by atoms with Crippen LogP contribution in [0.1, 0.15) is 52.9 Å². The quantitative estimate of drug-likeness (QED) is 0.844. The van der Waals surface area contributed by atoms with E-state index in [1.165, 1.54) is 6.26 Å². The van der Waals surface area contributed by atoms with Crippen LogP contribution >= 0.6 is 0 Å². The third kappa shape index (κ3) is 5.35. The van der Waals surface area contributed by atoms with Crippen molar-refractivity contribution >= 4 is 15.9 Å². The number of nitrogens with one attached hydrogen (secondary N) is 1. The van der Waals surface area contributed by atoms with E-state index in [-0.39, 0.29) is 29.0 Å². The van der Waals surface area contributed by atoms with Gasteiger partial charge in [-0.05, 0) is 40.0 Å². The summed E-state index contributed by atoms with van der Waals surface area (Å²) in [6.45, 7) is 7.08. The molecule has 1 N–H and O–H groups in total. The van der Waals surface area contributed by atoms with Crippen LogP contribution in [0.5, 0.6) is 0 Å². The van der Waals surface area contributed by atoms with Gasteiger partial charge in [-0.1, -0.05) is 12.8 Å². The summed E-state index contributed by atoms with van der Waals surface area (Å²) in [5.41, 5.74) is -0.551. The third-order valence-corrected chi connectivity index (χ3v) is 5.61. The highest BCUT2D eigenvalue weighted by Crippen LogP contribution is 2.40. The summed E-state index contributed by atoms with van der Waals surface area (Å²) < 4.78 is 28.8. The van der Waals surface area contributed by atoms with Crippen molar-refractivity contribution in [3.8, 4) is 0 Å². The van der Waals surface area contributed by atoms with Crippen molar-refractivity contribution in [3.63, 3.8) is 0 Å². The Morgan fingerprint density at radius 3 is 2.43 bits per heavy atom. The first-order valence-electron chi connectivity index (χ1n) is 8.44. The number of rotatable bonds is 4. The van der Waals surface area contributed by atoms with Crippen LogP contribution < -0.4 is 5.32 Å². The molecule has 1 unspecified atom stereocenters. The summed E-state index contributed by atoms with van der Waals surface area (Å²) in [7, 11) is -3.00. The van der Waals surface area contributed by atoms with Gasteiger partial charge in [0.2, 0.25) is 0 Å². The number of nitrogens with zero attached hydrogens (tertiary/aromatic N) is 1. The molecule has 1 aliphatic heterocycles. The lowest BCUT2D eigenvalue weighted by Crippen LogP contribution is -2.62. The molecule has 2 aliphatic rings. The summed E-state index contributed by atoms with van der Waals surface area (Å²) >= 11 is 0. The Hall–Kier alpha value is -0.820. The predicted octanol–water partition coefficient (Wildman–Crippen LogP) is 1.94. The van der Waals surface area contributed by atoms with E-state index in [1.54, 1.807) is 0 Å². The number of hydrogen-bond donors (Lipinski definition) is 1. The Bertz CT molecular complexity index is 538. The average molecular weight is 346 g/mol. The number of carbonyl (C=O) groups is 1. The topological polar surface area (TPSA) is 75.7 Å². The van der Waals surface area contributed by atoms with Crippen LogP contribution in [0.2, 0.25) is 0 Å². The molecule has 2 amide bonds. The van der Waals surface area contributed by atoms with Crippen molar-refractivity contribution in [3.05, 3.63) is 0 Å². The predicted molar refractivity (Wildman–Crippen MR) is 90.3 cm³/mol. The molecular formula is C16H30N2O4S. The van der Waals surface area contributed by atoms with Crippen LogP contribution in [0.15, 0.2) is 0 Å². The maximum atomic E-state index is 12.6.